The van der Waals surface area contributed by atoms with Crippen LogP contribution in [0.3, 0.4) is 0 Å². The van der Waals surface area contributed by atoms with Crippen LogP contribution in [0.2, 0.25) is 0 Å². The molecule has 0 saturated heterocycles. The molecule has 1 fully saturated rings. The molecule has 0 bridgehead atoms. The Bertz CT molecular complexity index is 286. The van der Waals surface area contributed by atoms with E-state index in [1.54, 1.807) is 11.3 Å². The molecule has 0 radical (unpaired) electrons. The Balaban J connectivity index is 1.91. The Kier molecular flexibility index (Phi) is 3.78. The van der Waals surface area contributed by atoms with Crippen LogP contribution >= 0.6 is 11.3 Å². The Hall–Kier alpha value is -0.380. The number of hydrogen-bond donors (Lipinski definition) is 1. The van der Waals surface area contributed by atoms with Crippen molar-refractivity contribution in [1.82, 2.24) is 4.90 Å². The van der Waals surface area contributed by atoms with Crippen molar-refractivity contribution in [3.05, 3.63) is 22.4 Å². The summed E-state index contributed by atoms with van der Waals surface area (Å²) >= 11 is 1.79. The standard InChI is InChI=1S/C12H19NOS/c1-13(9-10-5-4-8-15-10)11-6-2-3-7-12(11)14/h4-5,8,11-12,14H,2-3,6-7,9H2,1H3/t11-,12-/m1/s1. The lowest BCUT2D eigenvalue weighted by molar-refractivity contribution is 0.0292. The molecule has 15 heavy (non-hydrogen) atoms. The molecule has 3 heteroatoms. The van der Waals surface area contributed by atoms with Crippen molar-refractivity contribution in [3.8, 4) is 0 Å². The number of aliphatic hydroxyl groups excluding tert-OH is 1. The number of hydrogen-bond acceptors (Lipinski definition) is 3. The Morgan fingerprint density at radius 3 is 2.93 bits per heavy atom. The first-order valence-electron chi connectivity index (χ1n) is 5.68. The van der Waals surface area contributed by atoms with Crippen molar-refractivity contribution in [2.75, 3.05) is 7.05 Å². The molecular weight excluding hydrogens is 206 g/mol. The van der Waals surface area contributed by atoms with Gasteiger partial charge in [-0.15, -0.1) is 11.3 Å². The number of rotatable bonds is 3. The Morgan fingerprint density at radius 2 is 2.27 bits per heavy atom. The summed E-state index contributed by atoms with van der Waals surface area (Å²) in [7, 11) is 2.12. The molecule has 2 atom stereocenters. The van der Waals surface area contributed by atoms with Crippen LogP contribution in [0.1, 0.15) is 30.6 Å². The second-order valence-electron chi connectivity index (χ2n) is 4.41. The summed E-state index contributed by atoms with van der Waals surface area (Å²) in [5.41, 5.74) is 0. The number of nitrogens with zero attached hydrogens (tertiary/aromatic N) is 1. The van der Waals surface area contributed by atoms with Crippen molar-refractivity contribution in [2.24, 2.45) is 0 Å². The molecule has 84 valence electrons. The Labute approximate surface area is 95.5 Å². The summed E-state index contributed by atoms with van der Waals surface area (Å²) in [4.78, 5) is 3.69. The van der Waals surface area contributed by atoms with Gasteiger partial charge in [0.15, 0.2) is 0 Å². The minimum atomic E-state index is -0.122. The summed E-state index contributed by atoms with van der Waals surface area (Å²) in [5, 5.41) is 12.0. The van der Waals surface area contributed by atoms with Crippen molar-refractivity contribution in [1.29, 1.82) is 0 Å². The maximum atomic E-state index is 9.93. The van der Waals surface area contributed by atoms with E-state index < -0.39 is 0 Å². The third-order valence-corrected chi connectivity index (χ3v) is 4.11. The first kappa shape index (κ1) is 11.1. The summed E-state index contributed by atoms with van der Waals surface area (Å²) in [6.07, 6.45) is 4.44. The van der Waals surface area contributed by atoms with Crippen LogP contribution in [0.4, 0.5) is 0 Å². The fourth-order valence-electron chi connectivity index (χ4n) is 2.37. The van der Waals surface area contributed by atoms with Gasteiger partial charge in [-0.05, 0) is 31.3 Å². The number of aliphatic hydroxyl groups is 1. The van der Waals surface area contributed by atoms with Gasteiger partial charge in [-0.25, -0.2) is 0 Å². The molecule has 1 aromatic heterocycles. The fraction of sp³-hybridized carbons (Fsp3) is 0.667. The highest BCUT2D eigenvalue weighted by Gasteiger charge is 2.26. The van der Waals surface area contributed by atoms with Gasteiger partial charge in [0.1, 0.15) is 0 Å². The van der Waals surface area contributed by atoms with E-state index in [4.69, 9.17) is 0 Å². The SMILES string of the molecule is CN(Cc1cccs1)[C@@H]1CCCC[C@H]1O. The van der Waals surface area contributed by atoms with Crippen LogP contribution < -0.4 is 0 Å². The molecule has 1 aliphatic rings. The van der Waals surface area contributed by atoms with Gasteiger partial charge in [-0.1, -0.05) is 18.9 Å². The molecule has 0 spiro atoms. The summed E-state index contributed by atoms with van der Waals surface area (Å²) in [5.74, 6) is 0. The zero-order valence-corrected chi connectivity index (χ0v) is 10.0. The summed E-state index contributed by atoms with van der Waals surface area (Å²) in [6.45, 7) is 0.972. The zero-order valence-electron chi connectivity index (χ0n) is 9.22. The maximum Gasteiger partial charge on any atom is 0.0695 e. The van der Waals surface area contributed by atoms with Gasteiger partial charge in [0.2, 0.25) is 0 Å². The number of thiophene rings is 1. The van der Waals surface area contributed by atoms with Crippen LogP contribution in [-0.2, 0) is 6.54 Å². The first-order valence-corrected chi connectivity index (χ1v) is 6.56. The minimum Gasteiger partial charge on any atom is -0.391 e. The maximum absolute atomic E-state index is 9.93. The van der Waals surface area contributed by atoms with E-state index in [-0.39, 0.29) is 6.10 Å². The highest BCUT2D eigenvalue weighted by Crippen LogP contribution is 2.24. The lowest BCUT2D eigenvalue weighted by Gasteiger charge is -2.34. The molecule has 1 heterocycles. The third-order valence-electron chi connectivity index (χ3n) is 3.25. The van der Waals surface area contributed by atoms with Crippen LogP contribution in [0.15, 0.2) is 17.5 Å². The molecule has 1 aliphatic carbocycles. The normalized spacial score (nSPS) is 27.1. The summed E-state index contributed by atoms with van der Waals surface area (Å²) in [6, 6.07) is 4.61. The molecule has 2 rings (SSSR count). The van der Waals surface area contributed by atoms with Gasteiger partial charge in [0.05, 0.1) is 6.10 Å². The lowest BCUT2D eigenvalue weighted by atomic mass is 9.91. The highest BCUT2D eigenvalue weighted by molar-refractivity contribution is 7.09. The van der Waals surface area contributed by atoms with E-state index in [9.17, 15) is 5.11 Å². The second-order valence-corrected chi connectivity index (χ2v) is 5.45. The summed E-state index contributed by atoms with van der Waals surface area (Å²) < 4.78 is 0. The van der Waals surface area contributed by atoms with E-state index in [2.05, 4.69) is 29.5 Å². The van der Waals surface area contributed by atoms with Gasteiger partial charge >= 0.3 is 0 Å². The van der Waals surface area contributed by atoms with Gasteiger partial charge in [-0.3, -0.25) is 4.90 Å². The van der Waals surface area contributed by atoms with Crippen molar-refractivity contribution < 1.29 is 5.11 Å². The average molecular weight is 225 g/mol. The van der Waals surface area contributed by atoms with Crippen molar-refractivity contribution in [2.45, 2.75) is 44.4 Å². The molecule has 1 N–H and O–H groups in total. The van der Waals surface area contributed by atoms with Crippen molar-refractivity contribution in [3.63, 3.8) is 0 Å². The van der Waals surface area contributed by atoms with Crippen LogP contribution in [0, 0.1) is 0 Å². The van der Waals surface area contributed by atoms with E-state index in [0.717, 1.165) is 19.4 Å². The molecule has 0 unspecified atom stereocenters. The molecule has 2 nitrogen and oxygen atoms in total. The smallest absolute Gasteiger partial charge is 0.0695 e. The Morgan fingerprint density at radius 1 is 1.47 bits per heavy atom. The molecule has 0 aromatic carbocycles. The quantitative estimate of drug-likeness (QED) is 0.854. The lowest BCUT2D eigenvalue weighted by Crippen LogP contribution is -2.42. The van der Waals surface area contributed by atoms with E-state index >= 15 is 0 Å². The molecule has 1 aromatic rings. The van der Waals surface area contributed by atoms with Gasteiger partial charge in [0, 0.05) is 17.5 Å². The fourth-order valence-corrected chi connectivity index (χ4v) is 3.14. The van der Waals surface area contributed by atoms with Gasteiger partial charge in [0.25, 0.3) is 0 Å². The van der Waals surface area contributed by atoms with E-state index in [0.29, 0.717) is 6.04 Å². The minimum absolute atomic E-state index is 0.122. The molecular formula is C12H19NOS. The third kappa shape index (κ3) is 2.80. The van der Waals surface area contributed by atoms with E-state index in [1.165, 1.54) is 17.7 Å². The van der Waals surface area contributed by atoms with Crippen LogP contribution in [0.5, 0.6) is 0 Å². The predicted octanol–water partition coefficient (Wildman–Crippen LogP) is 2.48. The highest BCUT2D eigenvalue weighted by atomic mass is 32.1. The van der Waals surface area contributed by atoms with E-state index in [1.807, 2.05) is 0 Å². The molecule has 0 aliphatic heterocycles. The average Bonchev–Trinajstić information content (AvgIpc) is 2.71. The van der Waals surface area contributed by atoms with Crippen molar-refractivity contribution >= 4 is 11.3 Å². The topological polar surface area (TPSA) is 23.5 Å². The van der Waals surface area contributed by atoms with Gasteiger partial charge in [-0.2, -0.15) is 0 Å². The number of likely N-dealkylation sites (N-methyl/N-ethyl adjacent to an activating group) is 1. The molecule has 0 amide bonds. The largest absolute Gasteiger partial charge is 0.391 e. The zero-order chi connectivity index (χ0) is 10.7. The first-order chi connectivity index (χ1) is 7.27. The van der Waals surface area contributed by atoms with Gasteiger partial charge < -0.3 is 5.11 Å². The molecule has 1 saturated carbocycles. The predicted molar refractivity (Wildman–Crippen MR) is 64.0 cm³/mol. The van der Waals surface area contributed by atoms with Crippen LogP contribution in [-0.4, -0.2) is 29.2 Å². The second kappa shape index (κ2) is 5.10. The van der Waals surface area contributed by atoms with Crippen LogP contribution in [0.25, 0.3) is 0 Å². The monoisotopic (exact) mass is 225 g/mol.